The third-order valence-corrected chi connectivity index (χ3v) is 4.06. The largest absolute Gasteiger partial charge is 0.243 e. The van der Waals surface area contributed by atoms with E-state index in [4.69, 9.17) is 0 Å². The minimum Gasteiger partial charge on any atom is -0.208 e. The molecule has 0 heterocycles. The third-order valence-electron chi connectivity index (χ3n) is 2.47. The monoisotopic (exact) mass is 245 g/mol. The zero-order valence-corrected chi connectivity index (χ0v) is 10.4. The Kier molecular flexibility index (Phi) is 4.04. The number of rotatable bonds is 4. The van der Waals surface area contributed by atoms with Gasteiger partial charge >= 0.3 is 0 Å². The molecule has 1 rings (SSSR count). The third kappa shape index (κ3) is 3.02. The molecule has 0 fully saturated rings. The van der Waals surface area contributed by atoms with E-state index in [0.29, 0.717) is 0 Å². The van der Waals surface area contributed by atoms with Crippen molar-refractivity contribution in [1.29, 1.82) is 0 Å². The van der Waals surface area contributed by atoms with Gasteiger partial charge in [-0.3, -0.25) is 0 Å². The Bertz CT molecular complexity index is 457. The van der Waals surface area contributed by atoms with Gasteiger partial charge in [-0.1, -0.05) is 26.0 Å². The van der Waals surface area contributed by atoms with Crippen molar-refractivity contribution < 1.29 is 12.8 Å². The molecule has 0 aliphatic heterocycles. The van der Waals surface area contributed by atoms with Crippen molar-refractivity contribution in [3.05, 3.63) is 30.1 Å². The van der Waals surface area contributed by atoms with E-state index in [9.17, 15) is 12.8 Å². The SMILES string of the molecule is CC(C)[C@H](C)NS(=O)(=O)c1ccccc1F. The molecule has 0 unspecified atom stereocenters. The minimum atomic E-state index is -3.76. The standard InChI is InChI=1S/C11H16FNO2S/c1-8(2)9(3)13-16(14,15)11-7-5-4-6-10(11)12/h4-9,13H,1-3H3/t9-/m0/s1. The molecule has 0 aliphatic rings. The first-order chi connectivity index (χ1) is 7.34. The summed E-state index contributed by atoms with van der Waals surface area (Å²) >= 11 is 0. The molecule has 0 aliphatic carbocycles. The average molecular weight is 245 g/mol. The molecule has 0 bridgehead atoms. The summed E-state index contributed by atoms with van der Waals surface area (Å²) in [5.74, 6) is -0.576. The van der Waals surface area contributed by atoms with Crippen LogP contribution in [0.2, 0.25) is 0 Å². The smallest absolute Gasteiger partial charge is 0.208 e. The summed E-state index contributed by atoms with van der Waals surface area (Å²) in [5, 5.41) is 0. The molecule has 16 heavy (non-hydrogen) atoms. The maximum atomic E-state index is 13.3. The van der Waals surface area contributed by atoms with Gasteiger partial charge in [0.25, 0.3) is 0 Å². The average Bonchev–Trinajstić information content (AvgIpc) is 2.17. The van der Waals surface area contributed by atoms with Crippen LogP contribution in [0.15, 0.2) is 29.2 Å². The molecule has 3 nitrogen and oxygen atoms in total. The maximum Gasteiger partial charge on any atom is 0.243 e. The fourth-order valence-electron chi connectivity index (χ4n) is 1.11. The topological polar surface area (TPSA) is 46.2 Å². The van der Waals surface area contributed by atoms with Crippen LogP contribution in [0.4, 0.5) is 4.39 Å². The second-order valence-electron chi connectivity index (χ2n) is 4.08. The molecule has 5 heteroatoms. The second-order valence-corrected chi connectivity index (χ2v) is 5.77. The summed E-state index contributed by atoms with van der Waals surface area (Å²) < 4.78 is 39.4. The molecule has 1 N–H and O–H groups in total. The zero-order chi connectivity index (χ0) is 12.3. The van der Waals surface area contributed by atoms with Crippen molar-refractivity contribution in [1.82, 2.24) is 4.72 Å². The highest BCUT2D eigenvalue weighted by atomic mass is 32.2. The van der Waals surface area contributed by atoms with Crippen molar-refractivity contribution in [2.75, 3.05) is 0 Å². The minimum absolute atomic E-state index is 0.154. The molecular formula is C11H16FNO2S. The van der Waals surface area contributed by atoms with Gasteiger partial charge in [-0.25, -0.2) is 17.5 Å². The molecule has 1 atom stereocenters. The van der Waals surface area contributed by atoms with E-state index >= 15 is 0 Å². The van der Waals surface area contributed by atoms with E-state index in [0.717, 1.165) is 6.07 Å². The highest BCUT2D eigenvalue weighted by molar-refractivity contribution is 7.89. The second kappa shape index (κ2) is 4.93. The normalized spacial score (nSPS) is 14.1. The molecule has 1 aromatic carbocycles. The molecule has 0 radical (unpaired) electrons. The van der Waals surface area contributed by atoms with Crippen LogP contribution in [0.1, 0.15) is 20.8 Å². The van der Waals surface area contributed by atoms with Gasteiger partial charge in [-0.15, -0.1) is 0 Å². The molecule has 1 aromatic rings. The Morgan fingerprint density at radius 2 is 1.75 bits per heavy atom. The molecule has 0 aromatic heterocycles. The van der Waals surface area contributed by atoms with Crippen molar-refractivity contribution in [2.24, 2.45) is 5.92 Å². The summed E-state index contributed by atoms with van der Waals surface area (Å²) in [6, 6.07) is 5.11. The molecule has 0 spiro atoms. The zero-order valence-electron chi connectivity index (χ0n) is 9.57. The van der Waals surface area contributed by atoms with Gasteiger partial charge in [-0.05, 0) is 25.0 Å². The molecule has 0 saturated heterocycles. The predicted molar refractivity (Wildman–Crippen MR) is 61.0 cm³/mol. The Morgan fingerprint density at radius 3 is 2.25 bits per heavy atom. The van der Waals surface area contributed by atoms with E-state index in [2.05, 4.69) is 4.72 Å². The number of hydrogen-bond acceptors (Lipinski definition) is 2. The first kappa shape index (κ1) is 13.1. The fourth-order valence-corrected chi connectivity index (χ4v) is 2.58. The van der Waals surface area contributed by atoms with Gasteiger partial charge in [0, 0.05) is 6.04 Å². The Balaban J connectivity index is 3.00. The number of nitrogens with one attached hydrogen (secondary N) is 1. The highest BCUT2D eigenvalue weighted by Crippen LogP contribution is 2.14. The summed E-state index contributed by atoms with van der Waals surface area (Å²) in [6.45, 7) is 5.55. The molecule has 90 valence electrons. The highest BCUT2D eigenvalue weighted by Gasteiger charge is 2.21. The Hall–Kier alpha value is -0.940. The number of sulfonamides is 1. The molecule has 0 amide bonds. The quantitative estimate of drug-likeness (QED) is 0.883. The van der Waals surface area contributed by atoms with Crippen LogP contribution < -0.4 is 4.72 Å². The van der Waals surface area contributed by atoms with Gasteiger partial charge in [0.05, 0.1) is 0 Å². The summed E-state index contributed by atoms with van der Waals surface area (Å²) in [4.78, 5) is -0.303. The predicted octanol–water partition coefficient (Wildman–Crippen LogP) is 2.15. The van der Waals surface area contributed by atoms with Gasteiger partial charge in [0.2, 0.25) is 10.0 Å². The number of halogens is 1. The Morgan fingerprint density at radius 1 is 1.19 bits per heavy atom. The van der Waals surface area contributed by atoms with E-state index in [1.54, 1.807) is 6.92 Å². The molecular weight excluding hydrogens is 229 g/mol. The van der Waals surface area contributed by atoms with Gasteiger partial charge in [0.15, 0.2) is 0 Å². The van der Waals surface area contributed by atoms with Crippen molar-refractivity contribution in [3.8, 4) is 0 Å². The lowest BCUT2D eigenvalue weighted by Crippen LogP contribution is -2.36. The first-order valence-electron chi connectivity index (χ1n) is 5.11. The van der Waals surface area contributed by atoms with Gasteiger partial charge in [-0.2, -0.15) is 0 Å². The van der Waals surface area contributed by atoms with Crippen LogP contribution in [-0.2, 0) is 10.0 Å². The van der Waals surface area contributed by atoms with Crippen LogP contribution in [-0.4, -0.2) is 14.5 Å². The van der Waals surface area contributed by atoms with E-state index < -0.39 is 15.8 Å². The van der Waals surface area contributed by atoms with Crippen LogP contribution in [0.3, 0.4) is 0 Å². The fraction of sp³-hybridized carbons (Fsp3) is 0.455. The van der Waals surface area contributed by atoms with Crippen molar-refractivity contribution in [2.45, 2.75) is 31.7 Å². The van der Waals surface area contributed by atoms with Gasteiger partial charge in [0.1, 0.15) is 10.7 Å². The lowest BCUT2D eigenvalue weighted by atomic mass is 10.1. The van der Waals surface area contributed by atoms with E-state index in [1.165, 1.54) is 18.2 Å². The summed E-state index contributed by atoms with van der Waals surface area (Å²) in [6.07, 6.45) is 0. The lowest BCUT2D eigenvalue weighted by molar-refractivity contribution is 0.473. The summed E-state index contributed by atoms with van der Waals surface area (Å²) in [7, 11) is -3.76. The first-order valence-corrected chi connectivity index (χ1v) is 6.60. The van der Waals surface area contributed by atoms with E-state index in [1.807, 2.05) is 13.8 Å². The number of hydrogen-bond donors (Lipinski definition) is 1. The van der Waals surface area contributed by atoms with Crippen molar-refractivity contribution >= 4 is 10.0 Å². The Labute approximate surface area is 95.7 Å². The maximum absolute atomic E-state index is 13.3. The van der Waals surface area contributed by atoms with E-state index in [-0.39, 0.29) is 16.9 Å². The molecule has 0 saturated carbocycles. The van der Waals surface area contributed by atoms with Gasteiger partial charge < -0.3 is 0 Å². The van der Waals surface area contributed by atoms with Crippen LogP contribution >= 0.6 is 0 Å². The van der Waals surface area contributed by atoms with Crippen LogP contribution in [0.5, 0.6) is 0 Å². The van der Waals surface area contributed by atoms with Crippen LogP contribution in [0.25, 0.3) is 0 Å². The van der Waals surface area contributed by atoms with Crippen molar-refractivity contribution in [3.63, 3.8) is 0 Å². The van der Waals surface area contributed by atoms with Crippen LogP contribution in [0, 0.1) is 11.7 Å². The summed E-state index contributed by atoms with van der Waals surface area (Å²) in [5.41, 5.74) is 0. The number of benzene rings is 1. The lowest BCUT2D eigenvalue weighted by Gasteiger charge is -2.17.